The van der Waals surface area contributed by atoms with Gasteiger partial charge >= 0.3 is 0 Å². The molecule has 0 bridgehead atoms. The van der Waals surface area contributed by atoms with Crippen LogP contribution in [0.25, 0.3) is 5.57 Å². The highest BCUT2D eigenvalue weighted by Crippen LogP contribution is 2.58. The van der Waals surface area contributed by atoms with Crippen LogP contribution in [0.4, 0.5) is 0 Å². The Morgan fingerprint density at radius 2 is 1.79 bits per heavy atom. The van der Waals surface area contributed by atoms with Crippen molar-refractivity contribution < 1.29 is 14.0 Å². The normalized spacial score (nSPS) is 28.2. The van der Waals surface area contributed by atoms with Gasteiger partial charge in [-0.2, -0.15) is 0 Å². The average Bonchev–Trinajstić information content (AvgIpc) is 3.09. The zero-order valence-corrected chi connectivity index (χ0v) is 16.8. The fourth-order valence-electron chi connectivity index (χ4n) is 6.26. The van der Waals surface area contributed by atoms with Gasteiger partial charge in [0, 0.05) is 28.3 Å². The van der Waals surface area contributed by atoms with Crippen LogP contribution in [0.5, 0.6) is 0 Å². The summed E-state index contributed by atoms with van der Waals surface area (Å²) in [5.41, 5.74) is 4.18. The molecule has 0 amide bonds. The van der Waals surface area contributed by atoms with Crippen LogP contribution >= 0.6 is 0 Å². The molecule has 1 aromatic heterocycles. The summed E-state index contributed by atoms with van der Waals surface area (Å²) in [5, 5.41) is 0. The van der Waals surface area contributed by atoms with Gasteiger partial charge in [0.1, 0.15) is 5.76 Å². The minimum absolute atomic E-state index is 0.0806. The molecule has 3 aliphatic rings. The Kier molecular flexibility index (Phi) is 3.65. The highest BCUT2D eigenvalue weighted by molar-refractivity contribution is 6.38. The number of carbonyl (C=O) groups is 2. The molecule has 28 heavy (non-hydrogen) atoms. The van der Waals surface area contributed by atoms with Crippen molar-refractivity contribution in [2.45, 2.75) is 58.3 Å². The van der Waals surface area contributed by atoms with Gasteiger partial charge in [-0.15, -0.1) is 0 Å². The average molecular weight is 374 g/mol. The number of hydrogen-bond donors (Lipinski definition) is 0. The third-order valence-electron chi connectivity index (χ3n) is 7.62. The van der Waals surface area contributed by atoms with Crippen molar-refractivity contribution in [2.24, 2.45) is 11.3 Å². The van der Waals surface area contributed by atoms with Crippen molar-refractivity contribution in [3.63, 3.8) is 0 Å². The van der Waals surface area contributed by atoms with E-state index in [4.69, 9.17) is 4.42 Å². The number of benzene rings is 1. The van der Waals surface area contributed by atoms with Crippen LogP contribution in [0, 0.1) is 11.3 Å². The van der Waals surface area contributed by atoms with Crippen LogP contribution in [-0.4, -0.2) is 11.6 Å². The van der Waals surface area contributed by atoms with E-state index < -0.39 is 0 Å². The molecule has 0 N–H and O–H groups in total. The summed E-state index contributed by atoms with van der Waals surface area (Å²) >= 11 is 0. The molecule has 0 radical (unpaired) electrons. The molecule has 1 saturated carbocycles. The second kappa shape index (κ2) is 5.79. The largest absolute Gasteiger partial charge is 0.464 e. The highest BCUT2D eigenvalue weighted by atomic mass is 16.3. The van der Waals surface area contributed by atoms with E-state index in [0.29, 0.717) is 33.8 Å². The quantitative estimate of drug-likeness (QED) is 0.636. The van der Waals surface area contributed by atoms with Gasteiger partial charge in [-0.3, -0.25) is 9.59 Å². The minimum Gasteiger partial charge on any atom is -0.464 e. The molecule has 2 aromatic rings. The first-order valence-corrected chi connectivity index (χ1v) is 10.3. The maximum Gasteiger partial charge on any atom is 0.197 e. The van der Waals surface area contributed by atoms with Gasteiger partial charge in [0.05, 0.1) is 11.8 Å². The third kappa shape index (κ3) is 2.28. The first-order valence-electron chi connectivity index (χ1n) is 10.3. The van der Waals surface area contributed by atoms with Crippen LogP contribution < -0.4 is 0 Å². The maximum absolute atomic E-state index is 13.1. The van der Waals surface area contributed by atoms with Crippen molar-refractivity contribution >= 4 is 17.1 Å². The molecule has 1 unspecified atom stereocenters. The monoisotopic (exact) mass is 374 g/mol. The van der Waals surface area contributed by atoms with Gasteiger partial charge in [0.2, 0.25) is 0 Å². The molecule has 0 aliphatic heterocycles. The summed E-state index contributed by atoms with van der Waals surface area (Å²) in [6, 6.07) is 7.05. The molecule has 1 fully saturated rings. The lowest BCUT2D eigenvalue weighted by molar-refractivity contribution is 0.0408. The molecule has 2 atom stereocenters. The molecule has 3 aliphatic carbocycles. The van der Waals surface area contributed by atoms with Gasteiger partial charge in [-0.25, -0.2) is 0 Å². The van der Waals surface area contributed by atoms with E-state index in [0.717, 1.165) is 24.8 Å². The molecule has 0 spiro atoms. The van der Waals surface area contributed by atoms with E-state index in [1.807, 2.05) is 6.26 Å². The molecule has 1 aromatic carbocycles. The molecule has 5 rings (SSSR count). The van der Waals surface area contributed by atoms with Crippen LogP contribution in [0.15, 0.2) is 41.0 Å². The van der Waals surface area contributed by atoms with E-state index in [1.165, 1.54) is 24.5 Å². The molecule has 1 heterocycles. The van der Waals surface area contributed by atoms with Crippen molar-refractivity contribution in [1.82, 2.24) is 0 Å². The Balaban J connectivity index is 1.61. The number of hydrogen-bond acceptors (Lipinski definition) is 3. The maximum atomic E-state index is 13.1. The van der Waals surface area contributed by atoms with Gasteiger partial charge in [-0.1, -0.05) is 51.5 Å². The number of fused-ring (bicyclic) bond motifs is 4. The lowest BCUT2D eigenvalue weighted by Gasteiger charge is -2.53. The van der Waals surface area contributed by atoms with E-state index in [1.54, 1.807) is 24.3 Å². The van der Waals surface area contributed by atoms with Crippen molar-refractivity contribution in [2.75, 3.05) is 0 Å². The molecule has 0 saturated heterocycles. The van der Waals surface area contributed by atoms with Crippen molar-refractivity contribution in [3.8, 4) is 0 Å². The summed E-state index contributed by atoms with van der Waals surface area (Å²) in [4.78, 5) is 25.7. The van der Waals surface area contributed by atoms with Gasteiger partial charge in [0.25, 0.3) is 0 Å². The fourth-order valence-corrected chi connectivity index (χ4v) is 6.26. The Bertz CT molecular complexity index is 1040. The summed E-state index contributed by atoms with van der Waals surface area (Å²) in [6.45, 7) is 7.15. The number of carbonyl (C=O) groups excluding carboxylic acids is 2. The molecular formula is C25H26O3. The highest BCUT2D eigenvalue weighted by Gasteiger charge is 2.51. The Morgan fingerprint density at radius 1 is 1.04 bits per heavy atom. The lowest BCUT2D eigenvalue weighted by Crippen LogP contribution is -2.47. The number of furan rings is 1. The lowest BCUT2D eigenvalue weighted by atomic mass is 9.51. The van der Waals surface area contributed by atoms with E-state index in [9.17, 15) is 9.59 Å². The summed E-state index contributed by atoms with van der Waals surface area (Å²) in [6.07, 6.45) is 9.00. The van der Waals surface area contributed by atoms with Crippen LogP contribution in [0.2, 0.25) is 0 Å². The predicted octanol–water partition coefficient (Wildman–Crippen LogP) is 5.77. The SMILES string of the molecule is CC1(C)CCC[C@]2(C)c3coc(C4=CC(=O)c5ccccc5C4=O)c3CCC12. The van der Waals surface area contributed by atoms with Crippen LogP contribution in [-0.2, 0) is 11.8 Å². The summed E-state index contributed by atoms with van der Waals surface area (Å²) in [7, 11) is 0. The number of Topliss-reactive ketones (excluding diaryl/α,β-unsaturated/α-hetero) is 1. The van der Waals surface area contributed by atoms with Gasteiger partial charge in [-0.05, 0) is 42.4 Å². The van der Waals surface area contributed by atoms with E-state index in [2.05, 4.69) is 20.8 Å². The molecule has 144 valence electrons. The van der Waals surface area contributed by atoms with Crippen molar-refractivity contribution in [3.05, 3.63) is 64.6 Å². The Hall–Kier alpha value is -2.42. The zero-order chi connectivity index (χ0) is 19.7. The number of allylic oxidation sites excluding steroid dienone is 2. The zero-order valence-electron chi connectivity index (χ0n) is 16.8. The number of ketones is 2. The second-order valence-electron chi connectivity index (χ2n) is 9.60. The predicted molar refractivity (Wildman–Crippen MR) is 109 cm³/mol. The first-order chi connectivity index (χ1) is 13.3. The Labute approximate surface area is 165 Å². The van der Waals surface area contributed by atoms with E-state index >= 15 is 0 Å². The van der Waals surface area contributed by atoms with Crippen molar-refractivity contribution in [1.29, 1.82) is 0 Å². The van der Waals surface area contributed by atoms with E-state index in [-0.39, 0.29) is 17.0 Å². The minimum atomic E-state index is -0.117. The van der Waals surface area contributed by atoms with Gasteiger partial charge < -0.3 is 4.42 Å². The standard InChI is InChI=1S/C25H26O3/c1-24(2)11-6-12-25(3)19-14-28-23(17(19)9-10-21(24)25)18-13-20(26)15-7-4-5-8-16(15)22(18)27/h4-5,7-8,13-14,21H,6,9-12H2,1-3H3/t21?,25-/m1/s1. The molecule has 3 nitrogen and oxygen atoms in total. The smallest absolute Gasteiger partial charge is 0.197 e. The second-order valence-corrected chi connectivity index (χ2v) is 9.60. The van der Waals surface area contributed by atoms with Crippen LogP contribution in [0.3, 0.4) is 0 Å². The Morgan fingerprint density at radius 3 is 2.57 bits per heavy atom. The first kappa shape index (κ1) is 17.7. The fraction of sp³-hybridized carbons (Fsp3) is 0.440. The number of rotatable bonds is 1. The van der Waals surface area contributed by atoms with Crippen LogP contribution in [0.1, 0.15) is 84.1 Å². The molecule has 3 heteroatoms. The summed E-state index contributed by atoms with van der Waals surface area (Å²) in [5.74, 6) is 1.01. The molecular weight excluding hydrogens is 348 g/mol. The topological polar surface area (TPSA) is 47.3 Å². The summed E-state index contributed by atoms with van der Waals surface area (Å²) < 4.78 is 6.03. The van der Waals surface area contributed by atoms with Gasteiger partial charge in [0.15, 0.2) is 11.6 Å². The third-order valence-corrected chi connectivity index (χ3v) is 7.62.